The highest BCUT2D eigenvalue weighted by atomic mass is 127. The zero-order chi connectivity index (χ0) is 16.3. The van der Waals surface area contributed by atoms with Crippen molar-refractivity contribution >= 4 is 44.2 Å². The highest BCUT2D eigenvalue weighted by molar-refractivity contribution is 14.1. The van der Waals surface area contributed by atoms with E-state index in [1.807, 2.05) is 12.1 Å². The normalized spacial score (nSPS) is 11.5. The lowest BCUT2D eigenvalue weighted by molar-refractivity contribution is 0.102. The van der Waals surface area contributed by atoms with Gasteiger partial charge in [0.2, 0.25) is 10.0 Å². The van der Waals surface area contributed by atoms with Crippen molar-refractivity contribution in [2.75, 3.05) is 19.4 Å². The Morgan fingerprint density at radius 2 is 1.64 bits per heavy atom. The minimum Gasteiger partial charge on any atom is -0.322 e. The number of carbonyl (C=O) groups is 1. The third kappa shape index (κ3) is 3.65. The van der Waals surface area contributed by atoms with Gasteiger partial charge in [-0.2, -0.15) is 0 Å². The van der Waals surface area contributed by atoms with Crippen LogP contribution in [-0.4, -0.2) is 32.7 Å². The van der Waals surface area contributed by atoms with Gasteiger partial charge in [0.1, 0.15) is 0 Å². The highest BCUT2D eigenvalue weighted by Crippen LogP contribution is 2.18. The van der Waals surface area contributed by atoms with Crippen LogP contribution in [-0.2, 0) is 10.0 Å². The summed E-state index contributed by atoms with van der Waals surface area (Å²) in [6.07, 6.45) is 0. The maximum absolute atomic E-state index is 12.2. The molecule has 2 aromatic carbocycles. The highest BCUT2D eigenvalue weighted by Gasteiger charge is 2.17. The second kappa shape index (κ2) is 6.76. The zero-order valence-electron chi connectivity index (χ0n) is 12.1. The Kier molecular flexibility index (Phi) is 5.20. The van der Waals surface area contributed by atoms with E-state index in [0.717, 1.165) is 7.88 Å². The standard InChI is InChI=1S/C15H15IN2O3S/c1-18(2)22(20,21)12-9-7-11(8-10-12)17-15(19)13-5-3-4-6-14(13)16/h3-10H,1-2H3,(H,17,19). The number of halogens is 1. The first-order valence-electron chi connectivity index (χ1n) is 6.41. The number of nitrogens with zero attached hydrogens (tertiary/aromatic N) is 1. The molecule has 7 heteroatoms. The lowest BCUT2D eigenvalue weighted by Crippen LogP contribution is -2.22. The van der Waals surface area contributed by atoms with Crippen LogP contribution in [0.15, 0.2) is 53.4 Å². The van der Waals surface area contributed by atoms with Crippen LogP contribution in [0.1, 0.15) is 10.4 Å². The Bertz CT molecular complexity index is 787. The predicted octanol–water partition coefficient (Wildman–Crippen LogP) is 2.79. The van der Waals surface area contributed by atoms with Crippen LogP contribution < -0.4 is 5.32 Å². The van der Waals surface area contributed by atoms with E-state index >= 15 is 0 Å². The molecular weight excluding hydrogens is 415 g/mol. The van der Waals surface area contributed by atoms with Gasteiger partial charge in [0.05, 0.1) is 10.5 Å². The third-order valence-electron chi connectivity index (χ3n) is 3.01. The van der Waals surface area contributed by atoms with Crippen LogP contribution in [0.25, 0.3) is 0 Å². The van der Waals surface area contributed by atoms with Crippen LogP contribution in [0.5, 0.6) is 0 Å². The van der Waals surface area contributed by atoms with E-state index in [-0.39, 0.29) is 10.8 Å². The lowest BCUT2D eigenvalue weighted by atomic mass is 10.2. The Labute approximate surface area is 143 Å². The molecule has 0 aliphatic heterocycles. The van der Waals surface area contributed by atoms with Crippen molar-refractivity contribution in [3.05, 3.63) is 57.7 Å². The molecule has 22 heavy (non-hydrogen) atoms. The largest absolute Gasteiger partial charge is 0.322 e. The fraction of sp³-hybridized carbons (Fsp3) is 0.133. The van der Waals surface area contributed by atoms with Crippen LogP contribution in [0.3, 0.4) is 0 Å². The molecule has 1 amide bonds. The van der Waals surface area contributed by atoms with Gasteiger partial charge in [-0.25, -0.2) is 12.7 Å². The SMILES string of the molecule is CN(C)S(=O)(=O)c1ccc(NC(=O)c2ccccc2I)cc1. The number of nitrogens with one attached hydrogen (secondary N) is 1. The number of sulfonamides is 1. The molecule has 2 rings (SSSR count). The monoisotopic (exact) mass is 430 g/mol. The van der Waals surface area contributed by atoms with E-state index in [1.165, 1.54) is 26.2 Å². The summed E-state index contributed by atoms with van der Waals surface area (Å²) < 4.78 is 25.9. The summed E-state index contributed by atoms with van der Waals surface area (Å²) >= 11 is 2.10. The van der Waals surface area contributed by atoms with Crippen molar-refractivity contribution in [2.45, 2.75) is 4.90 Å². The van der Waals surface area contributed by atoms with Crippen molar-refractivity contribution < 1.29 is 13.2 Å². The van der Waals surface area contributed by atoms with Gasteiger partial charge in [0, 0.05) is 23.4 Å². The first-order chi connectivity index (χ1) is 10.3. The van der Waals surface area contributed by atoms with E-state index < -0.39 is 10.0 Å². The van der Waals surface area contributed by atoms with E-state index in [2.05, 4.69) is 27.9 Å². The van der Waals surface area contributed by atoms with E-state index in [1.54, 1.807) is 24.3 Å². The molecule has 5 nitrogen and oxygen atoms in total. The first kappa shape index (κ1) is 16.9. The topological polar surface area (TPSA) is 66.5 Å². The van der Waals surface area contributed by atoms with Gasteiger partial charge >= 0.3 is 0 Å². The molecule has 0 bridgehead atoms. The summed E-state index contributed by atoms with van der Waals surface area (Å²) in [6, 6.07) is 13.3. The van der Waals surface area contributed by atoms with Crippen LogP contribution in [0.4, 0.5) is 5.69 Å². The van der Waals surface area contributed by atoms with Crippen LogP contribution in [0, 0.1) is 3.57 Å². The number of anilines is 1. The number of carbonyl (C=O) groups excluding carboxylic acids is 1. The average molecular weight is 430 g/mol. The summed E-state index contributed by atoms with van der Waals surface area (Å²) in [4.78, 5) is 12.4. The molecule has 0 spiro atoms. The van der Waals surface area contributed by atoms with Gasteiger partial charge in [-0.15, -0.1) is 0 Å². The van der Waals surface area contributed by atoms with Crippen molar-refractivity contribution in [1.82, 2.24) is 4.31 Å². The average Bonchev–Trinajstić information content (AvgIpc) is 2.48. The summed E-state index contributed by atoms with van der Waals surface area (Å²) in [7, 11) is -0.512. The molecule has 0 fully saturated rings. The van der Waals surface area contributed by atoms with Crippen LogP contribution in [0.2, 0.25) is 0 Å². The zero-order valence-corrected chi connectivity index (χ0v) is 15.1. The minimum absolute atomic E-state index is 0.185. The molecule has 0 aliphatic rings. The van der Waals surface area contributed by atoms with Crippen molar-refractivity contribution in [3.8, 4) is 0 Å². The second-order valence-electron chi connectivity index (χ2n) is 4.75. The van der Waals surface area contributed by atoms with Gasteiger partial charge in [0.25, 0.3) is 5.91 Å². The van der Waals surface area contributed by atoms with Gasteiger partial charge in [0.15, 0.2) is 0 Å². The van der Waals surface area contributed by atoms with Crippen LogP contribution >= 0.6 is 22.6 Å². The summed E-state index contributed by atoms with van der Waals surface area (Å²) in [5.41, 5.74) is 1.12. The number of benzene rings is 2. The Morgan fingerprint density at radius 3 is 2.18 bits per heavy atom. The van der Waals surface area contributed by atoms with E-state index in [4.69, 9.17) is 0 Å². The Morgan fingerprint density at radius 1 is 1.05 bits per heavy atom. The van der Waals surface area contributed by atoms with Gasteiger partial charge in [-0.05, 0) is 59.0 Å². The fourth-order valence-corrected chi connectivity index (χ4v) is 3.30. The number of rotatable bonds is 4. The molecule has 0 radical (unpaired) electrons. The molecule has 0 saturated carbocycles. The number of hydrogen-bond donors (Lipinski definition) is 1. The van der Waals surface area contributed by atoms with E-state index in [0.29, 0.717) is 11.3 Å². The van der Waals surface area contributed by atoms with Crippen molar-refractivity contribution in [2.24, 2.45) is 0 Å². The molecule has 0 unspecified atom stereocenters. The van der Waals surface area contributed by atoms with Crippen molar-refractivity contribution in [3.63, 3.8) is 0 Å². The summed E-state index contributed by atoms with van der Waals surface area (Å²) in [5, 5.41) is 2.75. The molecular formula is C15H15IN2O3S. The van der Waals surface area contributed by atoms with Crippen molar-refractivity contribution in [1.29, 1.82) is 0 Å². The maximum atomic E-state index is 12.2. The molecule has 2 aromatic rings. The third-order valence-corrected chi connectivity index (χ3v) is 5.78. The smallest absolute Gasteiger partial charge is 0.256 e. The number of hydrogen-bond acceptors (Lipinski definition) is 3. The summed E-state index contributed by atoms with van der Waals surface area (Å²) in [5.74, 6) is -0.229. The molecule has 0 aliphatic carbocycles. The summed E-state index contributed by atoms with van der Waals surface area (Å²) in [6.45, 7) is 0. The minimum atomic E-state index is -3.46. The lowest BCUT2D eigenvalue weighted by Gasteiger charge is -2.12. The maximum Gasteiger partial charge on any atom is 0.256 e. The number of amides is 1. The molecule has 0 saturated heterocycles. The molecule has 0 heterocycles. The molecule has 1 N–H and O–H groups in total. The van der Waals surface area contributed by atoms with Gasteiger partial charge < -0.3 is 5.32 Å². The first-order valence-corrected chi connectivity index (χ1v) is 8.93. The quantitative estimate of drug-likeness (QED) is 0.759. The van der Waals surface area contributed by atoms with Gasteiger partial charge in [-0.1, -0.05) is 12.1 Å². The van der Waals surface area contributed by atoms with Gasteiger partial charge in [-0.3, -0.25) is 4.79 Å². The van der Waals surface area contributed by atoms with E-state index in [9.17, 15) is 13.2 Å². The molecule has 0 aromatic heterocycles. The predicted molar refractivity (Wildman–Crippen MR) is 94.4 cm³/mol. The Hall–Kier alpha value is -1.45. The molecule has 0 atom stereocenters. The molecule has 116 valence electrons. The Balaban J connectivity index is 2.19. The second-order valence-corrected chi connectivity index (χ2v) is 8.06. The fourth-order valence-electron chi connectivity index (χ4n) is 1.76.